The zero-order valence-electron chi connectivity index (χ0n) is 14.1. The Morgan fingerprint density at radius 2 is 2.28 bits per heavy atom. The third-order valence-electron chi connectivity index (χ3n) is 4.40. The van der Waals surface area contributed by atoms with Gasteiger partial charge in [0.1, 0.15) is 5.69 Å². The Kier molecular flexibility index (Phi) is 5.99. The summed E-state index contributed by atoms with van der Waals surface area (Å²) in [6, 6.07) is 7.43. The number of amides is 1. The molecule has 5 nitrogen and oxygen atoms in total. The van der Waals surface area contributed by atoms with Crippen LogP contribution in [0.4, 0.5) is 0 Å². The number of carbonyl (C=O) groups excluding carboxylic acids is 1. The first-order chi connectivity index (χ1) is 12.0. The van der Waals surface area contributed by atoms with Crippen molar-refractivity contribution >= 4 is 29.1 Å². The predicted molar refractivity (Wildman–Crippen MR) is 100 cm³/mol. The molecule has 0 aliphatic carbocycles. The Balaban J connectivity index is 1.58. The van der Waals surface area contributed by atoms with E-state index in [1.807, 2.05) is 23.9 Å². The Bertz CT molecular complexity index is 740. The van der Waals surface area contributed by atoms with Gasteiger partial charge < -0.3 is 10.6 Å². The van der Waals surface area contributed by atoms with Crippen molar-refractivity contribution in [2.24, 2.45) is 0 Å². The van der Waals surface area contributed by atoms with E-state index in [4.69, 9.17) is 23.2 Å². The second-order valence-corrected chi connectivity index (χ2v) is 7.34. The summed E-state index contributed by atoms with van der Waals surface area (Å²) < 4.78 is 1.89. The topological polar surface area (TPSA) is 59.0 Å². The number of carbonyl (C=O) groups is 1. The molecule has 1 saturated heterocycles. The Morgan fingerprint density at radius 1 is 1.44 bits per heavy atom. The summed E-state index contributed by atoms with van der Waals surface area (Å²) in [5.41, 5.74) is 1.40. The van der Waals surface area contributed by atoms with Crippen LogP contribution >= 0.6 is 23.2 Å². The van der Waals surface area contributed by atoms with Gasteiger partial charge in [-0.25, -0.2) is 0 Å². The molecule has 3 rings (SSSR count). The van der Waals surface area contributed by atoms with Crippen molar-refractivity contribution in [2.45, 2.75) is 38.3 Å². The van der Waals surface area contributed by atoms with Gasteiger partial charge in [0.05, 0.1) is 6.04 Å². The van der Waals surface area contributed by atoms with Gasteiger partial charge in [0.15, 0.2) is 0 Å². The van der Waals surface area contributed by atoms with Crippen LogP contribution in [0, 0.1) is 0 Å². The lowest BCUT2D eigenvalue weighted by molar-refractivity contribution is 0.0933. The lowest BCUT2D eigenvalue weighted by Gasteiger charge is -2.22. The summed E-state index contributed by atoms with van der Waals surface area (Å²) in [4.78, 5) is 12.4. The van der Waals surface area contributed by atoms with E-state index < -0.39 is 0 Å². The van der Waals surface area contributed by atoms with Crippen molar-refractivity contribution < 1.29 is 4.79 Å². The lowest BCUT2D eigenvalue weighted by atomic mass is 10.1. The molecule has 1 aromatic heterocycles. The molecule has 7 heteroatoms. The van der Waals surface area contributed by atoms with Gasteiger partial charge in [-0.05, 0) is 56.5 Å². The molecule has 134 valence electrons. The largest absolute Gasteiger partial charge is 0.348 e. The van der Waals surface area contributed by atoms with Gasteiger partial charge >= 0.3 is 0 Å². The number of benzene rings is 1. The number of aromatic nitrogens is 2. The van der Waals surface area contributed by atoms with E-state index in [2.05, 4.69) is 15.7 Å². The first-order valence-corrected chi connectivity index (χ1v) is 9.29. The van der Waals surface area contributed by atoms with Crippen molar-refractivity contribution in [1.82, 2.24) is 20.4 Å². The second-order valence-electron chi connectivity index (χ2n) is 6.50. The molecule has 0 spiro atoms. The van der Waals surface area contributed by atoms with E-state index in [0.717, 1.165) is 31.5 Å². The standard InChI is InChI=1S/C18H22Cl2N4O/c1-12(9-13-4-5-14(19)10-16(13)20)22-18(25)17-6-8-24(23-17)15-3-2-7-21-11-15/h4-6,8,10,12,15,21H,2-3,7,9,11H2,1H3,(H,22,25). The number of nitrogens with zero attached hydrogens (tertiary/aromatic N) is 2. The molecule has 2 N–H and O–H groups in total. The molecule has 1 amide bonds. The molecule has 2 aromatic rings. The summed E-state index contributed by atoms with van der Waals surface area (Å²) in [5.74, 6) is -0.167. The molecule has 0 radical (unpaired) electrons. The summed E-state index contributed by atoms with van der Waals surface area (Å²) in [5, 5.41) is 12.0. The molecule has 2 heterocycles. The van der Waals surface area contributed by atoms with Crippen LogP contribution in [0.25, 0.3) is 0 Å². The zero-order valence-corrected chi connectivity index (χ0v) is 15.6. The first-order valence-electron chi connectivity index (χ1n) is 8.53. The summed E-state index contributed by atoms with van der Waals surface area (Å²) in [7, 11) is 0. The van der Waals surface area contributed by atoms with Crippen molar-refractivity contribution in [3.63, 3.8) is 0 Å². The Hall–Kier alpha value is -1.56. The fourth-order valence-corrected chi connectivity index (χ4v) is 3.57. The predicted octanol–water partition coefficient (Wildman–Crippen LogP) is 3.48. The fraction of sp³-hybridized carbons (Fsp3) is 0.444. The zero-order chi connectivity index (χ0) is 17.8. The number of hydrogen-bond acceptors (Lipinski definition) is 3. The van der Waals surface area contributed by atoms with Gasteiger partial charge in [-0.3, -0.25) is 9.48 Å². The van der Waals surface area contributed by atoms with Crippen LogP contribution in [0.5, 0.6) is 0 Å². The molecule has 0 bridgehead atoms. The van der Waals surface area contributed by atoms with Crippen LogP contribution in [0.2, 0.25) is 10.0 Å². The van der Waals surface area contributed by atoms with Crippen molar-refractivity contribution in [1.29, 1.82) is 0 Å². The van der Waals surface area contributed by atoms with Crippen LogP contribution < -0.4 is 10.6 Å². The van der Waals surface area contributed by atoms with Crippen molar-refractivity contribution in [2.75, 3.05) is 13.1 Å². The number of hydrogen-bond donors (Lipinski definition) is 2. The minimum absolute atomic E-state index is 0.0623. The van der Waals surface area contributed by atoms with E-state index in [-0.39, 0.29) is 11.9 Å². The van der Waals surface area contributed by atoms with Crippen LogP contribution in [0.3, 0.4) is 0 Å². The number of rotatable bonds is 5. The molecular weight excluding hydrogens is 359 g/mol. The van der Waals surface area contributed by atoms with Gasteiger partial charge in [-0.15, -0.1) is 0 Å². The number of halogens is 2. The summed E-state index contributed by atoms with van der Waals surface area (Å²) in [6.07, 6.45) is 4.73. The molecule has 25 heavy (non-hydrogen) atoms. The third kappa shape index (κ3) is 4.75. The van der Waals surface area contributed by atoms with Crippen LogP contribution in [-0.2, 0) is 6.42 Å². The highest BCUT2D eigenvalue weighted by atomic mass is 35.5. The lowest BCUT2D eigenvalue weighted by Crippen LogP contribution is -2.35. The molecule has 2 unspecified atom stereocenters. The molecule has 0 saturated carbocycles. The highest BCUT2D eigenvalue weighted by Gasteiger charge is 2.19. The molecule has 2 atom stereocenters. The highest BCUT2D eigenvalue weighted by molar-refractivity contribution is 6.35. The molecular formula is C18H22Cl2N4O. The maximum Gasteiger partial charge on any atom is 0.271 e. The minimum Gasteiger partial charge on any atom is -0.348 e. The van der Waals surface area contributed by atoms with Gasteiger partial charge in [0.2, 0.25) is 0 Å². The Morgan fingerprint density at radius 3 is 3.00 bits per heavy atom. The molecule has 1 aliphatic heterocycles. The van der Waals surface area contributed by atoms with Gasteiger partial charge in [-0.1, -0.05) is 29.3 Å². The SMILES string of the molecule is CC(Cc1ccc(Cl)cc1Cl)NC(=O)c1ccn(C2CCCNC2)n1. The van der Waals surface area contributed by atoms with Gasteiger partial charge in [0.25, 0.3) is 5.91 Å². The van der Waals surface area contributed by atoms with Crippen LogP contribution in [0.15, 0.2) is 30.5 Å². The maximum absolute atomic E-state index is 12.4. The fourth-order valence-electron chi connectivity index (χ4n) is 3.09. The van der Waals surface area contributed by atoms with Gasteiger partial charge in [-0.2, -0.15) is 5.10 Å². The van der Waals surface area contributed by atoms with E-state index in [1.165, 1.54) is 0 Å². The molecule has 1 aliphatic rings. The highest BCUT2D eigenvalue weighted by Crippen LogP contribution is 2.22. The summed E-state index contributed by atoms with van der Waals surface area (Å²) in [6.45, 7) is 3.90. The van der Waals surface area contributed by atoms with E-state index >= 15 is 0 Å². The van der Waals surface area contributed by atoms with Crippen LogP contribution in [0.1, 0.15) is 41.9 Å². The third-order valence-corrected chi connectivity index (χ3v) is 4.99. The van der Waals surface area contributed by atoms with Crippen molar-refractivity contribution in [3.05, 3.63) is 51.8 Å². The maximum atomic E-state index is 12.4. The molecule has 1 aromatic carbocycles. The molecule has 1 fully saturated rings. The monoisotopic (exact) mass is 380 g/mol. The van der Waals surface area contributed by atoms with Crippen molar-refractivity contribution in [3.8, 4) is 0 Å². The average molecular weight is 381 g/mol. The van der Waals surface area contributed by atoms with E-state index in [1.54, 1.807) is 18.2 Å². The smallest absolute Gasteiger partial charge is 0.271 e. The average Bonchev–Trinajstić information content (AvgIpc) is 3.08. The van der Waals surface area contributed by atoms with Gasteiger partial charge in [0, 0.05) is 28.8 Å². The Labute approximate surface area is 157 Å². The normalized spacial score (nSPS) is 18.8. The number of nitrogens with one attached hydrogen (secondary N) is 2. The first kappa shape index (κ1) is 18.2. The van der Waals surface area contributed by atoms with E-state index in [0.29, 0.717) is 28.2 Å². The van der Waals surface area contributed by atoms with Crippen LogP contribution in [-0.4, -0.2) is 34.8 Å². The second kappa shape index (κ2) is 8.21. The number of piperidine rings is 1. The summed E-state index contributed by atoms with van der Waals surface area (Å²) >= 11 is 12.1. The van der Waals surface area contributed by atoms with E-state index in [9.17, 15) is 4.79 Å². The quantitative estimate of drug-likeness (QED) is 0.834. The minimum atomic E-state index is -0.167.